The molecule has 2 aromatic rings. The Kier molecular flexibility index (Phi) is 4.29. The molecule has 2 aromatic carbocycles. The van der Waals surface area contributed by atoms with Crippen molar-refractivity contribution in [1.29, 1.82) is 0 Å². The van der Waals surface area contributed by atoms with Crippen LogP contribution in [0.25, 0.3) is 0 Å². The maximum atomic E-state index is 10.6. The van der Waals surface area contributed by atoms with Crippen molar-refractivity contribution < 1.29 is 9.53 Å². The highest BCUT2D eigenvalue weighted by molar-refractivity contribution is 5.82. The van der Waals surface area contributed by atoms with E-state index in [2.05, 4.69) is 4.99 Å². The fourth-order valence-corrected chi connectivity index (χ4v) is 1.47. The van der Waals surface area contributed by atoms with Gasteiger partial charge in [0.25, 0.3) is 5.91 Å². The molecule has 2 N–H and O–H groups in total. The number of carbonyl (C=O) groups is 1. The van der Waals surface area contributed by atoms with Crippen LogP contribution in [0.3, 0.4) is 0 Å². The lowest BCUT2D eigenvalue weighted by molar-refractivity contribution is -0.119. The fourth-order valence-electron chi connectivity index (χ4n) is 1.47. The van der Waals surface area contributed by atoms with Gasteiger partial charge in [0.1, 0.15) is 5.75 Å². The summed E-state index contributed by atoms with van der Waals surface area (Å²) in [6.45, 7) is -0.114. The van der Waals surface area contributed by atoms with Crippen LogP contribution in [0.15, 0.2) is 59.6 Å². The number of aliphatic imine (C=N–C) groups is 1. The quantitative estimate of drug-likeness (QED) is 0.832. The Morgan fingerprint density at radius 1 is 1.11 bits per heavy atom. The molecule has 0 bridgehead atoms. The third-order valence-electron chi connectivity index (χ3n) is 2.38. The number of hydrogen-bond acceptors (Lipinski definition) is 3. The molecule has 2 rings (SSSR count). The van der Waals surface area contributed by atoms with Crippen LogP contribution in [-0.2, 0) is 4.79 Å². The second-order valence-corrected chi connectivity index (χ2v) is 3.92. The third kappa shape index (κ3) is 4.27. The molecule has 0 spiro atoms. The van der Waals surface area contributed by atoms with E-state index < -0.39 is 5.91 Å². The maximum Gasteiger partial charge on any atom is 0.255 e. The molecule has 1 amide bonds. The molecular weight excluding hydrogens is 240 g/mol. The average molecular weight is 254 g/mol. The largest absolute Gasteiger partial charge is 0.484 e. The zero-order valence-electron chi connectivity index (χ0n) is 10.3. The maximum absolute atomic E-state index is 10.6. The summed E-state index contributed by atoms with van der Waals surface area (Å²) in [5.74, 6) is 0.116. The van der Waals surface area contributed by atoms with Gasteiger partial charge in [-0.25, -0.2) is 0 Å². The molecule has 0 atom stereocenters. The molecule has 0 saturated heterocycles. The molecule has 0 unspecified atom stereocenters. The Bertz CT molecular complexity index is 562. The number of rotatable bonds is 5. The molecule has 4 nitrogen and oxygen atoms in total. The molecule has 96 valence electrons. The fraction of sp³-hybridized carbons (Fsp3) is 0.0667. The van der Waals surface area contributed by atoms with Gasteiger partial charge in [0.15, 0.2) is 6.61 Å². The molecule has 0 saturated carbocycles. The summed E-state index contributed by atoms with van der Waals surface area (Å²) in [5.41, 5.74) is 6.85. The lowest BCUT2D eigenvalue weighted by atomic mass is 10.2. The van der Waals surface area contributed by atoms with Crippen LogP contribution in [0, 0.1) is 0 Å². The van der Waals surface area contributed by atoms with Gasteiger partial charge in [0.05, 0.1) is 5.69 Å². The summed E-state index contributed by atoms with van der Waals surface area (Å²) in [4.78, 5) is 14.9. The Morgan fingerprint density at radius 3 is 2.42 bits per heavy atom. The van der Waals surface area contributed by atoms with Gasteiger partial charge in [-0.1, -0.05) is 18.2 Å². The Balaban J connectivity index is 1.99. The first-order valence-corrected chi connectivity index (χ1v) is 5.84. The molecule has 0 aromatic heterocycles. The molecule has 0 aliphatic heterocycles. The van der Waals surface area contributed by atoms with Crippen molar-refractivity contribution in [1.82, 2.24) is 0 Å². The predicted molar refractivity (Wildman–Crippen MR) is 74.8 cm³/mol. The van der Waals surface area contributed by atoms with E-state index in [9.17, 15) is 4.79 Å². The van der Waals surface area contributed by atoms with Crippen LogP contribution < -0.4 is 10.5 Å². The second kappa shape index (κ2) is 6.35. The summed E-state index contributed by atoms with van der Waals surface area (Å²) >= 11 is 0. The zero-order valence-corrected chi connectivity index (χ0v) is 10.3. The van der Waals surface area contributed by atoms with E-state index in [1.165, 1.54) is 0 Å². The van der Waals surface area contributed by atoms with Crippen LogP contribution in [0.2, 0.25) is 0 Å². The number of nitrogens with two attached hydrogens (primary N) is 1. The minimum Gasteiger partial charge on any atom is -0.484 e. The molecule has 0 heterocycles. The predicted octanol–water partition coefficient (Wildman–Crippen LogP) is 2.30. The van der Waals surface area contributed by atoms with Gasteiger partial charge in [-0.2, -0.15) is 0 Å². The number of ether oxygens (including phenoxy) is 1. The average Bonchev–Trinajstić information content (AvgIpc) is 2.45. The molecule has 0 fully saturated rings. The van der Waals surface area contributed by atoms with Crippen molar-refractivity contribution in [2.75, 3.05) is 6.61 Å². The third-order valence-corrected chi connectivity index (χ3v) is 2.38. The van der Waals surface area contributed by atoms with E-state index in [1.54, 1.807) is 18.3 Å². The second-order valence-electron chi connectivity index (χ2n) is 3.92. The minimum absolute atomic E-state index is 0.114. The topological polar surface area (TPSA) is 64.7 Å². The van der Waals surface area contributed by atoms with Crippen molar-refractivity contribution in [2.45, 2.75) is 0 Å². The number of amides is 1. The van der Waals surface area contributed by atoms with Crippen LogP contribution in [0.4, 0.5) is 5.69 Å². The monoisotopic (exact) mass is 254 g/mol. The van der Waals surface area contributed by atoms with Crippen molar-refractivity contribution in [3.05, 3.63) is 60.2 Å². The van der Waals surface area contributed by atoms with E-state index in [0.29, 0.717) is 5.75 Å². The summed E-state index contributed by atoms with van der Waals surface area (Å²) in [7, 11) is 0. The number of carbonyl (C=O) groups excluding carboxylic acids is 1. The summed E-state index contributed by atoms with van der Waals surface area (Å²) in [6, 6.07) is 17.0. The van der Waals surface area contributed by atoms with Gasteiger partial charge in [0, 0.05) is 6.21 Å². The number of primary amides is 1. The van der Waals surface area contributed by atoms with Gasteiger partial charge < -0.3 is 10.5 Å². The van der Waals surface area contributed by atoms with Crippen LogP contribution >= 0.6 is 0 Å². The van der Waals surface area contributed by atoms with Crippen LogP contribution in [0.1, 0.15) is 5.56 Å². The lowest BCUT2D eigenvalue weighted by Crippen LogP contribution is -2.19. The van der Waals surface area contributed by atoms with Gasteiger partial charge in [-0.15, -0.1) is 0 Å². The highest BCUT2D eigenvalue weighted by Crippen LogP contribution is 2.13. The number of para-hydroxylation sites is 1. The van der Waals surface area contributed by atoms with Crippen LogP contribution in [-0.4, -0.2) is 18.7 Å². The van der Waals surface area contributed by atoms with E-state index >= 15 is 0 Å². The number of hydrogen-bond donors (Lipinski definition) is 1. The molecule has 0 aliphatic carbocycles. The highest BCUT2D eigenvalue weighted by atomic mass is 16.5. The van der Waals surface area contributed by atoms with E-state index in [4.69, 9.17) is 10.5 Å². The zero-order chi connectivity index (χ0) is 13.5. The summed E-state index contributed by atoms with van der Waals surface area (Å²) in [5, 5.41) is 0. The Hall–Kier alpha value is -2.62. The minimum atomic E-state index is -0.491. The molecular formula is C15H14N2O2. The van der Waals surface area contributed by atoms with Crippen molar-refractivity contribution in [3.63, 3.8) is 0 Å². The van der Waals surface area contributed by atoms with Crippen molar-refractivity contribution >= 4 is 17.8 Å². The normalized spacial score (nSPS) is 10.5. The van der Waals surface area contributed by atoms with Crippen LogP contribution in [0.5, 0.6) is 5.75 Å². The number of benzene rings is 2. The van der Waals surface area contributed by atoms with E-state index in [1.807, 2.05) is 42.5 Å². The molecule has 0 radical (unpaired) electrons. The summed E-state index contributed by atoms with van der Waals surface area (Å²) < 4.78 is 5.17. The molecule has 19 heavy (non-hydrogen) atoms. The first-order valence-electron chi connectivity index (χ1n) is 5.84. The first kappa shape index (κ1) is 12.8. The van der Waals surface area contributed by atoms with Crippen molar-refractivity contribution in [3.8, 4) is 5.75 Å². The lowest BCUT2D eigenvalue weighted by Gasteiger charge is -2.03. The SMILES string of the molecule is NC(=O)COc1ccc(C=Nc2ccccc2)cc1. The Labute approximate surface area is 111 Å². The standard InChI is InChI=1S/C15H14N2O2/c16-15(18)11-19-14-8-6-12(7-9-14)10-17-13-4-2-1-3-5-13/h1-10H,11H2,(H2,16,18). The molecule has 4 heteroatoms. The van der Waals surface area contributed by atoms with Crippen molar-refractivity contribution in [2.24, 2.45) is 10.7 Å². The smallest absolute Gasteiger partial charge is 0.255 e. The van der Waals surface area contributed by atoms with Gasteiger partial charge in [0.2, 0.25) is 0 Å². The Morgan fingerprint density at radius 2 is 1.79 bits per heavy atom. The molecule has 0 aliphatic rings. The first-order chi connectivity index (χ1) is 9.24. The van der Waals surface area contributed by atoms with Gasteiger partial charge >= 0.3 is 0 Å². The van der Waals surface area contributed by atoms with E-state index in [-0.39, 0.29) is 6.61 Å². The van der Waals surface area contributed by atoms with Gasteiger partial charge in [-0.3, -0.25) is 9.79 Å². The van der Waals surface area contributed by atoms with E-state index in [0.717, 1.165) is 11.3 Å². The highest BCUT2D eigenvalue weighted by Gasteiger charge is 1.97. The number of nitrogens with zero attached hydrogens (tertiary/aromatic N) is 1. The van der Waals surface area contributed by atoms with Gasteiger partial charge in [-0.05, 0) is 42.0 Å². The summed E-state index contributed by atoms with van der Waals surface area (Å²) in [6.07, 6.45) is 1.77.